The van der Waals surface area contributed by atoms with Gasteiger partial charge in [-0.3, -0.25) is 19.9 Å². The van der Waals surface area contributed by atoms with E-state index < -0.39 is 0 Å². The molecule has 0 atom stereocenters. The number of nitrogen functional groups attached to an aromatic ring is 1. The molecule has 0 aliphatic carbocycles. The largest absolute Gasteiger partial charge is 0.355 e. The smallest absolute Gasteiger partial charge is 0.265 e. The number of rotatable bonds is 3. The minimum Gasteiger partial charge on any atom is -0.355 e. The summed E-state index contributed by atoms with van der Waals surface area (Å²) in [4.78, 5) is 24.9. The molecule has 0 saturated carbocycles. The van der Waals surface area contributed by atoms with E-state index in [2.05, 4.69) is 15.6 Å². The Hall–Kier alpha value is -1.92. The van der Waals surface area contributed by atoms with E-state index in [0.29, 0.717) is 18.5 Å². The molecule has 1 heterocycles. The number of benzene rings is 1. The van der Waals surface area contributed by atoms with Crippen molar-refractivity contribution < 1.29 is 9.59 Å². The Balaban J connectivity index is 2.02. The Labute approximate surface area is 111 Å². The van der Waals surface area contributed by atoms with Gasteiger partial charge in [0.25, 0.3) is 5.91 Å². The van der Waals surface area contributed by atoms with Gasteiger partial charge in [0.05, 0.1) is 0 Å². The van der Waals surface area contributed by atoms with Gasteiger partial charge in [-0.1, -0.05) is 12.1 Å². The van der Waals surface area contributed by atoms with Gasteiger partial charge in [0.1, 0.15) is 0 Å². The number of hydrazine groups is 1. The van der Waals surface area contributed by atoms with Crippen LogP contribution in [0.15, 0.2) is 24.3 Å². The van der Waals surface area contributed by atoms with Gasteiger partial charge in [-0.05, 0) is 17.7 Å². The molecule has 0 unspecified atom stereocenters. The number of carbonyl (C=O) groups is 2. The second-order valence-corrected chi connectivity index (χ2v) is 4.55. The topological polar surface area (TPSA) is 87.5 Å². The molecule has 6 nitrogen and oxygen atoms in total. The lowest BCUT2D eigenvalue weighted by Gasteiger charge is -2.19. The number of nitrogens with zero attached hydrogens (tertiary/aromatic N) is 1. The lowest BCUT2D eigenvalue weighted by atomic mass is 10.1. The zero-order chi connectivity index (χ0) is 13.7. The number of nitrogens with two attached hydrogens (primary N) is 1. The van der Waals surface area contributed by atoms with E-state index in [9.17, 15) is 9.59 Å². The van der Waals surface area contributed by atoms with Crippen molar-refractivity contribution in [3.63, 3.8) is 0 Å². The Morgan fingerprint density at radius 2 is 2.26 bits per heavy atom. The molecule has 4 N–H and O–H groups in total. The molecule has 0 radical (unpaired) electrons. The second kappa shape index (κ2) is 6.31. The number of hydrogen-bond donors (Lipinski definition) is 3. The molecule has 1 aliphatic rings. The highest BCUT2D eigenvalue weighted by atomic mass is 16.2. The third kappa shape index (κ3) is 3.77. The summed E-state index contributed by atoms with van der Waals surface area (Å²) in [6.07, 6.45) is 0.517. The number of nitrogens with one attached hydrogen (secondary N) is 2. The second-order valence-electron chi connectivity index (χ2n) is 4.55. The van der Waals surface area contributed by atoms with E-state index >= 15 is 0 Å². The fourth-order valence-electron chi connectivity index (χ4n) is 2.12. The first kappa shape index (κ1) is 13.5. The van der Waals surface area contributed by atoms with Crippen LogP contribution in [0.25, 0.3) is 0 Å². The average Bonchev–Trinajstić information content (AvgIpc) is 2.63. The van der Waals surface area contributed by atoms with Crippen LogP contribution in [0.3, 0.4) is 0 Å². The van der Waals surface area contributed by atoms with Crippen molar-refractivity contribution in [2.75, 3.05) is 19.6 Å². The summed E-state index contributed by atoms with van der Waals surface area (Å²) < 4.78 is 0. The van der Waals surface area contributed by atoms with Crippen LogP contribution in [-0.4, -0.2) is 36.3 Å². The molecule has 2 rings (SSSR count). The molecule has 1 aromatic carbocycles. The van der Waals surface area contributed by atoms with Crippen LogP contribution in [0, 0.1) is 0 Å². The Bertz CT molecular complexity index is 475. The van der Waals surface area contributed by atoms with Gasteiger partial charge in [0.15, 0.2) is 0 Å². The van der Waals surface area contributed by atoms with Crippen molar-refractivity contribution in [1.29, 1.82) is 0 Å². The highest BCUT2D eigenvalue weighted by Gasteiger charge is 2.14. The zero-order valence-corrected chi connectivity index (χ0v) is 10.7. The predicted octanol–water partition coefficient (Wildman–Crippen LogP) is -0.388. The Morgan fingerprint density at radius 1 is 1.42 bits per heavy atom. The Morgan fingerprint density at radius 3 is 3.05 bits per heavy atom. The fourth-order valence-corrected chi connectivity index (χ4v) is 2.12. The molecular weight excluding hydrogens is 244 g/mol. The standard InChI is InChI=1S/C13H18N4O2/c14-16-13(19)11-3-1-2-10(8-11)9-17-6-4-12(18)15-5-7-17/h1-3,8H,4-7,9,14H2,(H,15,18)(H,16,19). The normalized spacial score (nSPS) is 16.6. The van der Waals surface area contributed by atoms with Crippen LogP contribution in [0.5, 0.6) is 0 Å². The molecule has 0 spiro atoms. The summed E-state index contributed by atoms with van der Waals surface area (Å²) in [6, 6.07) is 7.34. The average molecular weight is 262 g/mol. The summed E-state index contributed by atoms with van der Waals surface area (Å²) in [6.45, 7) is 2.95. The van der Waals surface area contributed by atoms with Crippen LogP contribution in [0.4, 0.5) is 0 Å². The van der Waals surface area contributed by atoms with Crippen LogP contribution in [0.1, 0.15) is 22.3 Å². The maximum Gasteiger partial charge on any atom is 0.265 e. The van der Waals surface area contributed by atoms with E-state index in [1.165, 1.54) is 0 Å². The van der Waals surface area contributed by atoms with Crippen molar-refractivity contribution in [1.82, 2.24) is 15.6 Å². The lowest BCUT2D eigenvalue weighted by molar-refractivity contribution is -0.120. The van der Waals surface area contributed by atoms with Crippen LogP contribution >= 0.6 is 0 Å². The predicted molar refractivity (Wildman–Crippen MR) is 71.0 cm³/mol. The summed E-state index contributed by atoms with van der Waals surface area (Å²) in [7, 11) is 0. The van der Waals surface area contributed by atoms with Crippen molar-refractivity contribution in [2.45, 2.75) is 13.0 Å². The minimum absolute atomic E-state index is 0.0961. The maximum atomic E-state index is 11.5. The van der Waals surface area contributed by atoms with E-state index in [1.54, 1.807) is 6.07 Å². The first-order valence-corrected chi connectivity index (χ1v) is 6.28. The summed E-state index contributed by atoms with van der Waals surface area (Å²) in [5.41, 5.74) is 3.70. The van der Waals surface area contributed by atoms with Crippen LogP contribution in [0.2, 0.25) is 0 Å². The van der Waals surface area contributed by atoms with Crippen molar-refractivity contribution in [3.05, 3.63) is 35.4 Å². The van der Waals surface area contributed by atoms with Gasteiger partial charge in [-0.25, -0.2) is 5.84 Å². The van der Waals surface area contributed by atoms with E-state index in [1.807, 2.05) is 18.2 Å². The summed E-state index contributed by atoms with van der Waals surface area (Å²) in [5, 5.41) is 2.84. The third-order valence-corrected chi connectivity index (χ3v) is 3.13. The highest BCUT2D eigenvalue weighted by molar-refractivity contribution is 5.93. The van der Waals surface area contributed by atoms with Crippen molar-refractivity contribution >= 4 is 11.8 Å². The zero-order valence-electron chi connectivity index (χ0n) is 10.7. The molecule has 1 aromatic rings. The molecule has 2 amide bonds. The first-order valence-electron chi connectivity index (χ1n) is 6.28. The summed E-state index contributed by atoms with van der Waals surface area (Å²) >= 11 is 0. The first-order chi connectivity index (χ1) is 9.19. The van der Waals surface area contributed by atoms with Crippen LogP contribution < -0.4 is 16.6 Å². The number of amides is 2. The molecule has 102 valence electrons. The van der Waals surface area contributed by atoms with Crippen LogP contribution in [-0.2, 0) is 11.3 Å². The molecule has 6 heteroatoms. The molecule has 0 bridgehead atoms. The Kier molecular flexibility index (Phi) is 4.48. The molecule has 1 aliphatic heterocycles. The van der Waals surface area contributed by atoms with Gasteiger partial charge in [0, 0.05) is 38.2 Å². The quantitative estimate of drug-likeness (QED) is 0.393. The lowest BCUT2D eigenvalue weighted by Crippen LogP contribution is -2.30. The minimum atomic E-state index is -0.297. The molecule has 1 fully saturated rings. The molecule has 19 heavy (non-hydrogen) atoms. The summed E-state index contributed by atoms with van der Waals surface area (Å²) in [5.74, 6) is 4.92. The molecule has 1 saturated heterocycles. The SMILES string of the molecule is NNC(=O)c1cccc(CN2CCNC(=O)CC2)c1. The highest BCUT2D eigenvalue weighted by Crippen LogP contribution is 2.09. The van der Waals surface area contributed by atoms with Gasteiger partial charge < -0.3 is 5.32 Å². The van der Waals surface area contributed by atoms with Gasteiger partial charge in [-0.15, -0.1) is 0 Å². The number of hydrogen-bond acceptors (Lipinski definition) is 4. The number of carbonyl (C=O) groups excluding carboxylic acids is 2. The monoisotopic (exact) mass is 262 g/mol. The van der Waals surface area contributed by atoms with Gasteiger partial charge >= 0.3 is 0 Å². The van der Waals surface area contributed by atoms with Gasteiger partial charge in [0.2, 0.25) is 5.91 Å². The molecular formula is C13H18N4O2. The maximum absolute atomic E-state index is 11.5. The van der Waals surface area contributed by atoms with Gasteiger partial charge in [-0.2, -0.15) is 0 Å². The fraction of sp³-hybridized carbons (Fsp3) is 0.385. The van der Waals surface area contributed by atoms with E-state index in [4.69, 9.17) is 5.84 Å². The molecule has 0 aromatic heterocycles. The van der Waals surface area contributed by atoms with E-state index in [0.717, 1.165) is 25.2 Å². The van der Waals surface area contributed by atoms with Crippen molar-refractivity contribution in [2.24, 2.45) is 5.84 Å². The van der Waals surface area contributed by atoms with Crippen molar-refractivity contribution in [3.8, 4) is 0 Å². The third-order valence-electron chi connectivity index (χ3n) is 3.13. The van der Waals surface area contributed by atoms with E-state index in [-0.39, 0.29) is 11.8 Å².